The number of pyridine rings is 1. The Morgan fingerprint density at radius 3 is 2.81 bits per heavy atom. The maximum Gasteiger partial charge on any atom is 0.343 e. The van der Waals surface area contributed by atoms with E-state index in [4.69, 9.17) is 10.5 Å². The Morgan fingerprint density at radius 2 is 2.04 bits per heavy atom. The van der Waals surface area contributed by atoms with Crippen LogP contribution in [0.2, 0.25) is 0 Å². The van der Waals surface area contributed by atoms with Crippen LogP contribution in [0.15, 0.2) is 47.5 Å². The zero-order valence-corrected chi connectivity index (χ0v) is 13.8. The molecule has 0 aliphatic carbocycles. The highest BCUT2D eigenvalue weighted by atomic mass is 16.5. The summed E-state index contributed by atoms with van der Waals surface area (Å²) < 4.78 is 7.77. The van der Waals surface area contributed by atoms with Crippen molar-refractivity contribution in [1.29, 1.82) is 0 Å². The highest BCUT2D eigenvalue weighted by molar-refractivity contribution is 5.96. The normalized spacial score (nSPS) is 11.1. The number of esters is 1. The monoisotopic (exact) mass is 350 g/mol. The summed E-state index contributed by atoms with van der Waals surface area (Å²) in [6.07, 6.45) is 2.94. The molecule has 26 heavy (non-hydrogen) atoms. The molecule has 0 radical (unpaired) electrons. The third kappa shape index (κ3) is 2.29. The zero-order valence-electron chi connectivity index (χ0n) is 13.8. The number of anilines is 1. The van der Waals surface area contributed by atoms with Crippen LogP contribution in [0, 0.1) is 0 Å². The number of nitrogens with two attached hydrogens (primary N) is 1. The van der Waals surface area contributed by atoms with Gasteiger partial charge in [0, 0.05) is 6.20 Å². The van der Waals surface area contributed by atoms with Crippen LogP contribution in [0.25, 0.3) is 22.4 Å². The van der Waals surface area contributed by atoms with Gasteiger partial charge in [-0.25, -0.2) is 9.31 Å². The van der Waals surface area contributed by atoms with E-state index < -0.39 is 5.97 Å². The van der Waals surface area contributed by atoms with Crippen LogP contribution >= 0.6 is 0 Å². The van der Waals surface area contributed by atoms with Crippen LogP contribution in [-0.4, -0.2) is 37.0 Å². The minimum atomic E-state index is -0.540. The van der Waals surface area contributed by atoms with Gasteiger partial charge in [0.2, 0.25) is 0 Å². The number of hydrogen-bond donors (Lipinski definition) is 1. The molecular weight excluding hydrogens is 336 g/mol. The lowest BCUT2D eigenvalue weighted by Gasteiger charge is -2.09. The van der Waals surface area contributed by atoms with Crippen molar-refractivity contribution in [2.75, 3.05) is 12.3 Å². The van der Waals surface area contributed by atoms with E-state index in [1.54, 1.807) is 43.5 Å². The predicted octanol–water partition coefficient (Wildman–Crippen LogP) is 1.19. The minimum absolute atomic E-state index is 0.113. The highest BCUT2D eigenvalue weighted by Gasteiger charge is 2.19. The minimum Gasteiger partial charge on any atom is -0.462 e. The SMILES string of the molecule is CCOC(=O)c1cnn2c1nnc1c(=O)n(-c3ccccc3N)ccc12. The molecule has 0 saturated carbocycles. The van der Waals surface area contributed by atoms with Crippen molar-refractivity contribution in [3.8, 4) is 5.69 Å². The summed E-state index contributed by atoms with van der Waals surface area (Å²) in [4.78, 5) is 24.8. The first-order valence-corrected chi connectivity index (χ1v) is 7.89. The number of benzene rings is 1. The van der Waals surface area contributed by atoms with Gasteiger partial charge >= 0.3 is 5.97 Å². The van der Waals surface area contributed by atoms with Crippen LogP contribution in [0.4, 0.5) is 5.69 Å². The van der Waals surface area contributed by atoms with Gasteiger partial charge in [0.1, 0.15) is 11.1 Å². The third-order valence-corrected chi connectivity index (χ3v) is 3.95. The summed E-state index contributed by atoms with van der Waals surface area (Å²) >= 11 is 0. The summed E-state index contributed by atoms with van der Waals surface area (Å²) in [6, 6.07) is 8.69. The molecule has 4 aromatic rings. The summed E-state index contributed by atoms with van der Waals surface area (Å²) in [5, 5.41) is 12.2. The first-order chi connectivity index (χ1) is 12.6. The molecule has 9 nitrogen and oxygen atoms in total. The molecule has 130 valence electrons. The summed E-state index contributed by atoms with van der Waals surface area (Å²) in [5.74, 6) is -0.540. The topological polar surface area (TPSA) is 117 Å². The van der Waals surface area contributed by atoms with E-state index in [1.165, 1.54) is 15.3 Å². The summed E-state index contributed by atoms with van der Waals surface area (Å²) in [7, 11) is 0. The Kier molecular flexibility index (Phi) is 3.61. The Bertz CT molecular complexity index is 1210. The number of ether oxygens (including phenoxy) is 1. The van der Waals surface area contributed by atoms with Crippen molar-refractivity contribution >= 4 is 28.3 Å². The van der Waals surface area contributed by atoms with E-state index in [0.29, 0.717) is 16.9 Å². The molecule has 0 unspecified atom stereocenters. The van der Waals surface area contributed by atoms with Crippen molar-refractivity contribution in [1.82, 2.24) is 24.4 Å². The largest absolute Gasteiger partial charge is 0.462 e. The van der Waals surface area contributed by atoms with Crippen LogP contribution < -0.4 is 11.3 Å². The van der Waals surface area contributed by atoms with Gasteiger partial charge in [-0.1, -0.05) is 12.1 Å². The van der Waals surface area contributed by atoms with E-state index in [2.05, 4.69) is 15.3 Å². The van der Waals surface area contributed by atoms with Crippen molar-refractivity contribution in [2.24, 2.45) is 0 Å². The lowest BCUT2D eigenvalue weighted by Crippen LogP contribution is -2.21. The Balaban J connectivity index is 1.95. The maximum atomic E-state index is 12.8. The summed E-state index contributed by atoms with van der Waals surface area (Å²) in [6.45, 7) is 1.95. The molecule has 9 heteroatoms. The number of fused-ring (bicyclic) bond motifs is 3. The van der Waals surface area contributed by atoms with Gasteiger partial charge in [-0.05, 0) is 25.1 Å². The van der Waals surface area contributed by atoms with E-state index >= 15 is 0 Å². The smallest absolute Gasteiger partial charge is 0.343 e. The van der Waals surface area contributed by atoms with Crippen LogP contribution in [-0.2, 0) is 4.74 Å². The molecule has 1 aromatic carbocycles. The van der Waals surface area contributed by atoms with Crippen molar-refractivity contribution < 1.29 is 9.53 Å². The fourth-order valence-electron chi connectivity index (χ4n) is 2.74. The molecule has 0 aliphatic rings. The Labute approximate surface area is 146 Å². The second-order valence-corrected chi connectivity index (χ2v) is 5.50. The predicted molar refractivity (Wildman–Crippen MR) is 94.3 cm³/mol. The van der Waals surface area contributed by atoms with Crippen LogP contribution in [0.5, 0.6) is 0 Å². The number of hydrogen-bond acceptors (Lipinski definition) is 7. The number of nitrogen functional groups attached to an aromatic ring is 1. The van der Waals surface area contributed by atoms with Crippen LogP contribution in [0.3, 0.4) is 0 Å². The molecule has 0 fully saturated rings. The molecule has 3 heterocycles. The van der Waals surface area contributed by atoms with Gasteiger partial charge in [-0.15, -0.1) is 10.2 Å². The van der Waals surface area contributed by atoms with Gasteiger partial charge < -0.3 is 10.5 Å². The molecule has 0 saturated heterocycles. The molecule has 0 bridgehead atoms. The Hall–Kier alpha value is -3.75. The number of carbonyl (C=O) groups is 1. The lowest BCUT2D eigenvalue weighted by molar-refractivity contribution is 0.0528. The molecular formula is C17H14N6O3. The number of carbonyl (C=O) groups excluding carboxylic acids is 1. The number of rotatable bonds is 3. The van der Waals surface area contributed by atoms with E-state index in [-0.39, 0.29) is 28.9 Å². The second kappa shape index (κ2) is 5.96. The first-order valence-electron chi connectivity index (χ1n) is 7.89. The van der Waals surface area contributed by atoms with Gasteiger partial charge in [0.15, 0.2) is 11.2 Å². The highest BCUT2D eigenvalue weighted by Crippen LogP contribution is 2.17. The number of aromatic nitrogens is 5. The van der Waals surface area contributed by atoms with Gasteiger partial charge in [-0.2, -0.15) is 5.10 Å². The van der Waals surface area contributed by atoms with Crippen molar-refractivity contribution in [3.63, 3.8) is 0 Å². The fourth-order valence-corrected chi connectivity index (χ4v) is 2.74. The lowest BCUT2D eigenvalue weighted by atomic mass is 10.2. The average Bonchev–Trinajstić information content (AvgIpc) is 3.08. The standard InChI is InChI=1S/C17H14N6O3/c1-2-26-17(25)10-9-19-23-13-7-8-22(12-6-4-3-5-11(12)18)16(24)14(13)20-21-15(10)23/h3-9H,2,18H2,1H3. The van der Waals surface area contributed by atoms with E-state index in [0.717, 1.165) is 0 Å². The maximum absolute atomic E-state index is 12.8. The van der Waals surface area contributed by atoms with Crippen molar-refractivity contribution in [3.05, 3.63) is 58.6 Å². The molecule has 0 amide bonds. The molecule has 0 aliphatic heterocycles. The number of nitrogens with zero attached hydrogens (tertiary/aromatic N) is 5. The first kappa shape index (κ1) is 15.8. The molecule has 3 aromatic heterocycles. The second-order valence-electron chi connectivity index (χ2n) is 5.50. The summed E-state index contributed by atoms with van der Waals surface area (Å²) in [5.41, 5.74) is 7.55. The molecule has 0 atom stereocenters. The molecule has 0 spiro atoms. The number of para-hydroxylation sites is 2. The van der Waals surface area contributed by atoms with Gasteiger partial charge in [0.05, 0.1) is 24.2 Å². The van der Waals surface area contributed by atoms with E-state index in [1.807, 2.05) is 0 Å². The van der Waals surface area contributed by atoms with Crippen molar-refractivity contribution in [2.45, 2.75) is 6.92 Å². The Morgan fingerprint density at radius 1 is 1.23 bits per heavy atom. The third-order valence-electron chi connectivity index (χ3n) is 3.95. The fraction of sp³-hybridized carbons (Fsp3) is 0.118. The molecule has 2 N–H and O–H groups in total. The van der Waals surface area contributed by atoms with Gasteiger partial charge in [0.25, 0.3) is 5.56 Å². The molecule has 4 rings (SSSR count). The van der Waals surface area contributed by atoms with Crippen LogP contribution in [0.1, 0.15) is 17.3 Å². The zero-order chi connectivity index (χ0) is 18.3. The average molecular weight is 350 g/mol. The van der Waals surface area contributed by atoms with Gasteiger partial charge in [-0.3, -0.25) is 9.36 Å². The van der Waals surface area contributed by atoms with E-state index in [9.17, 15) is 9.59 Å². The quantitative estimate of drug-likeness (QED) is 0.435.